The summed E-state index contributed by atoms with van der Waals surface area (Å²) < 4.78 is 4.84. The maximum atomic E-state index is 11.7. The highest BCUT2D eigenvalue weighted by atomic mass is 16.5. The topological polar surface area (TPSA) is 89.6 Å². The fourth-order valence-electron chi connectivity index (χ4n) is 1.38. The third kappa shape index (κ3) is 2.38. The summed E-state index contributed by atoms with van der Waals surface area (Å²) in [6.45, 7) is 3.27. The van der Waals surface area contributed by atoms with Gasteiger partial charge in [-0.05, 0) is 31.5 Å². The highest BCUT2D eigenvalue weighted by Gasteiger charge is 2.37. The zero-order valence-electron chi connectivity index (χ0n) is 9.77. The molecule has 17 heavy (non-hydrogen) atoms. The molecule has 5 heteroatoms. The molecular formula is C12H15NO4. The lowest BCUT2D eigenvalue weighted by atomic mass is 9.84. The van der Waals surface area contributed by atoms with Crippen molar-refractivity contribution in [1.82, 2.24) is 0 Å². The number of nitrogens with two attached hydrogens (primary N) is 1. The van der Waals surface area contributed by atoms with E-state index in [1.807, 2.05) is 0 Å². The van der Waals surface area contributed by atoms with Crippen LogP contribution in [0, 0.1) is 0 Å². The second kappa shape index (κ2) is 4.86. The summed E-state index contributed by atoms with van der Waals surface area (Å²) in [5.41, 5.74) is 4.56. The number of esters is 1. The van der Waals surface area contributed by atoms with Crippen molar-refractivity contribution in [3.63, 3.8) is 0 Å². The second-order valence-electron chi connectivity index (χ2n) is 3.81. The molecule has 0 bridgehead atoms. The highest BCUT2D eigenvalue weighted by molar-refractivity contribution is 5.99. The van der Waals surface area contributed by atoms with E-state index in [0.29, 0.717) is 11.8 Å². The van der Waals surface area contributed by atoms with E-state index in [1.54, 1.807) is 6.92 Å². The van der Waals surface area contributed by atoms with Gasteiger partial charge in [-0.1, -0.05) is 6.07 Å². The monoisotopic (exact) mass is 237 g/mol. The van der Waals surface area contributed by atoms with E-state index in [0.717, 1.165) is 0 Å². The van der Waals surface area contributed by atoms with Crippen LogP contribution in [0.3, 0.4) is 0 Å². The van der Waals surface area contributed by atoms with Crippen molar-refractivity contribution in [2.45, 2.75) is 19.3 Å². The largest absolute Gasteiger partial charge is 0.506 e. The van der Waals surface area contributed by atoms with Crippen molar-refractivity contribution in [3.8, 4) is 5.75 Å². The van der Waals surface area contributed by atoms with Crippen LogP contribution in [0.4, 0.5) is 5.69 Å². The smallest absolute Gasteiger partial charge is 0.323 e. The van der Waals surface area contributed by atoms with Gasteiger partial charge in [-0.25, -0.2) is 0 Å². The Kier molecular flexibility index (Phi) is 3.73. The summed E-state index contributed by atoms with van der Waals surface area (Å²) in [6.07, 6.45) is 0.496. The van der Waals surface area contributed by atoms with Crippen LogP contribution >= 0.6 is 0 Å². The lowest BCUT2D eigenvalue weighted by molar-refractivity contribution is -0.150. The van der Waals surface area contributed by atoms with Crippen LogP contribution in [0.2, 0.25) is 0 Å². The minimum absolute atomic E-state index is 0.167. The molecule has 1 rings (SSSR count). The van der Waals surface area contributed by atoms with E-state index in [4.69, 9.17) is 10.5 Å². The fraction of sp³-hybridized carbons (Fsp3) is 0.333. The van der Waals surface area contributed by atoms with Crippen LogP contribution in [-0.2, 0) is 19.7 Å². The molecule has 0 fully saturated rings. The molecule has 0 aliphatic heterocycles. The molecule has 0 spiro atoms. The van der Waals surface area contributed by atoms with E-state index >= 15 is 0 Å². The van der Waals surface area contributed by atoms with Gasteiger partial charge >= 0.3 is 5.97 Å². The van der Waals surface area contributed by atoms with Gasteiger partial charge < -0.3 is 20.4 Å². The van der Waals surface area contributed by atoms with E-state index in [1.165, 1.54) is 25.1 Å². The Hall–Kier alpha value is -2.04. The first-order valence-electron chi connectivity index (χ1n) is 5.18. The average molecular weight is 237 g/mol. The number of aldehydes is 1. The Labute approximate surface area is 99.2 Å². The molecule has 5 nitrogen and oxygen atoms in total. The first kappa shape index (κ1) is 13.0. The van der Waals surface area contributed by atoms with Gasteiger partial charge in [0.15, 0.2) is 0 Å². The highest BCUT2D eigenvalue weighted by Crippen LogP contribution is 2.29. The lowest BCUT2D eigenvalue weighted by Gasteiger charge is -2.21. The van der Waals surface area contributed by atoms with Gasteiger partial charge in [0, 0.05) is 0 Å². The van der Waals surface area contributed by atoms with Crippen LogP contribution in [0.25, 0.3) is 0 Å². The number of phenolic OH excluding ortho intramolecular Hbond substituents is 1. The van der Waals surface area contributed by atoms with Crippen LogP contribution in [0.5, 0.6) is 5.75 Å². The molecular weight excluding hydrogens is 222 g/mol. The van der Waals surface area contributed by atoms with Crippen LogP contribution in [0.15, 0.2) is 18.2 Å². The van der Waals surface area contributed by atoms with Crippen LogP contribution in [-0.4, -0.2) is 24.0 Å². The van der Waals surface area contributed by atoms with Crippen molar-refractivity contribution in [3.05, 3.63) is 23.8 Å². The minimum atomic E-state index is -1.43. The second-order valence-corrected chi connectivity index (χ2v) is 3.81. The fourth-order valence-corrected chi connectivity index (χ4v) is 1.38. The number of hydrogen-bond acceptors (Lipinski definition) is 5. The molecule has 0 aliphatic carbocycles. The Bertz CT molecular complexity index is 444. The zero-order chi connectivity index (χ0) is 13.1. The number of aromatic hydroxyl groups is 1. The van der Waals surface area contributed by atoms with Gasteiger partial charge in [0.2, 0.25) is 0 Å². The Balaban J connectivity index is 3.20. The summed E-state index contributed by atoms with van der Waals surface area (Å²) in [7, 11) is 0. The van der Waals surface area contributed by atoms with Crippen molar-refractivity contribution < 1.29 is 19.4 Å². The molecule has 92 valence electrons. The molecule has 0 aromatic heterocycles. The number of phenols is 1. The van der Waals surface area contributed by atoms with Gasteiger partial charge in [0.25, 0.3) is 0 Å². The Morgan fingerprint density at radius 2 is 2.24 bits per heavy atom. The number of hydrogen-bond donors (Lipinski definition) is 2. The normalized spacial score (nSPS) is 13.8. The number of ether oxygens (including phenoxy) is 1. The third-order valence-electron chi connectivity index (χ3n) is 2.57. The maximum absolute atomic E-state index is 11.7. The quantitative estimate of drug-likeness (QED) is 0.268. The molecule has 1 atom stereocenters. The van der Waals surface area contributed by atoms with E-state index < -0.39 is 11.4 Å². The molecule has 0 heterocycles. The molecule has 0 saturated heterocycles. The van der Waals surface area contributed by atoms with Crippen molar-refractivity contribution in [2.24, 2.45) is 0 Å². The summed E-state index contributed by atoms with van der Waals surface area (Å²) in [6, 6.07) is 4.24. The minimum Gasteiger partial charge on any atom is -0.506 e. The predicted octanol–water partition coefficient (Wildman–Crippen LogP) is 0.994. The number of benzene rings is 1. The molecule has 0 aliphatic rings. The van der Waals surface area contributed by atoms with E-state index in [-0.39, 0.29) is 18.0 Å². The van der Waals surface area contributed by atoms with Gasteiger partial charge in [0.05, 0.1) is 12.3 Å². The van der Waals surface area contributed by atoms with Gasteiger partial charge in [-0.2, -0.15) is 0 Å². The summed E-state index contributed by atoms with van der Waals surface area (Å²) in [5, 5.41) is 9.48. The lowest BCUT2D eigenvalue weighted by Crippen LogP contribution is -2.36. The van der Waals surface area contributed by atoms with Gasteiger partial charge in [-0.3, -0.25) is 4.79 Å². The molecule has 0 radical (unpaired) electrons. The zero-order valence-corrected chi connectivity index (χ0v) is 9.77. The predicted molar refractivity (Wildman–Crippen MR) is 62.6 cm³/mol. The SMILES string of the molecule is CCOC(=O)C(C)(C=O)c1ccc(N)c(O)c1. The van der Waals surface area contributed by atoms with Gasteiger partial charge in [0.1, 0.15) is 17.5 Å². The maximum Gasteiger partial charge on any atom is 0.323 e. The van der Waals surface area contributed by atoms with Crippen molar-refractivity contribution in [1.29, 1.82) is 0 Å². The average Bonchev–Trinajstić information content (AvgIpc) is 2.32. The number of carbonyl (C=O) groups is 2. The number of carbonyl (C=O) groups excluding carboxylic acids is 2. The van der Waals surface area contributed by atoms with Crippen molar-refractivity contribution in [2.75, 3.05) is 12.3 Å². The van der Waals surface area contributed by atoms with Crippen LogP contribution < -0.4 is 5.73 Å². The van der Waals surface area contributed by atoms with E-state index in [2.05, 4.69) is 0 Å². The molecule has 1 aromatic rings. The first-order valence-corrected chi connectivity index (χ1v) is 5.18. The summed E-state index contributed by atoms with van der Waals surface area (Å²) in [5.74, 6) is -0.820. The number of nitrogen functional groups attached to an aromatic ring is 1. The summed E-state index contributed by atoms with van der Waals surface area (Å²) in [4.78, 5) is 22.9. The number of rotatable bonds is 4. The molecule has 0 amide bonds. The Morgan fingerprint density at radius 3 is 2.71 bits per heavy atom. The van der Waals surface area contributed by atoms with Crippen LogP contribution in [0.1, 0.15) is 19.4 Å². The Morgan fingerprint density at radius 1 is 1.59 bits per heavy atom. The molecule has 1 aromatic carbocycles. The summed E-state index contributed by atoms with van der Waals surface area (Å²) >= 11 is 0. The van der Waals surface area contributed by atoms with E-state index in [9.17, 15) is 14.7 Å². The molecule has 0 saturated carbocycles. The van der Waals surface area contributed by atoms with Gasteiger partial charge in [-0.15, -0.1) is 0 Å². The number of anilines is 1. The first-order chi connectivity index (χ1) is 7.95. The standard InChI is InChI=1S/C12H15NO4/c1-3-17-11(16)12(2,7-14)8-4-5-9(13)10(15)6-8/h4-7,15H,3,13H2,1-2H3. The van der Waals surface area contributed by atoms with Crippen molar-refractivity contribution >= 4 is 17.9 Å². The molecule has 1 unspecified atom stereocenters. The third-order valence-corrected chi connectivity index (χ3v) is 2.57. The molecule has 3 N–H and O–H groups in total.